The molecule has 1 unspecified atom stereocenters. The number of benzene rings is 1. The van der Waals surface area contributed by atoms with Gasteiger partial charge >= 0.3 is 5.97 Å². The largest absolute Gasteiger partial charge is 0.462 e. The lowest BCUT2D eigenvalue weighted by atomic mass is 10.1. The Morgan fingerprint density at radius 2 is 2.10 bits per heavy atom. The first-order valence-electron chi connectivity index (χ1n) is 6.92. The molecule has 0 N–H and O–H groups in total. The van der Waals surface area contributed by atoms with E-state index < -0.39 is 0 Å². The van der Waals surface area contributed by atoms with Crippen molar-refractivity contribution in [2.75, 3.05) is 20.3 Å². The quantitative estimate of drug-likeness (QED) is 0.601. The third-order valence-corrected chi connectivity index (χ3v) is 3.48. The summed E-state index contributed by atoms with van der Waals surface area (Å²) in [6.07, 6.45) is 2.95. The molecule has 2 rings (SSSR count). The highest BCUT2D eigenvalue weighted by molar-refractivity contribution is 5.84. The van der Waals surface area contributed by atoms with Crippen LogP contribution in [0.2, 0.25) is 0 Å². The lowest BCUT2D eigenvalue weighted by Crippen LogP contribution is -2.20. The third-order valence-electron chi connectivity index (χ3n) is 3.48. The predicted molar refractivity (Wildman–Crippen MR) is 78.9 cm³/mol. The Balaban J connectivity index is 2.17. The van der Waals surface area contributed by atoms with Crippen molar-refractivity contribution in [2.24, 2.45) is 0 Å². The van der Waals surface area contributed by atoms with Crippen LogP contribution in [0.15, 0.2) is 30.5 Å². The van der Waals surface area contributed by atoms with E-state index in [1.165, 1.54) is 5.56 Å². The molecular weight excluding hydrogens is 254 g/mol. The number of aryl methyl sites for hydroxylation is 1. The van der Waals surface area contributed by atoms with Gasteiger partial charge in [0, 0.05) is 18.8 Å². The van der Waals surface area contributed by atoms with Gasteiger partial charge in [-0.1, -0.05) is 13.0 Å². The average Bonchev–Trinajstić information content (AvgIpc) is 2.89. The second-order valence-corrected chi connectivity index (χ2v) is 4.81. The van der Waals surface area contributed by atoms with E-state index in [1.807, 2.05) is 23.8 Å². The first kappa shape index (κ1) is 14.6. The second-order valence-electron chi connectivity index (χ2n) is 4.81. The minimum absolute atomic E-state index is 0.237. The summed E-state index contributed by atoms with van der Waals surface area (Å²) < 4.78 is 12.0. The van der Waals surface area contributed by atoms with E-state index in [2.05, 4.69) is 25.1 Å². The lowest BCUT2D eigenvalue weighted by Gasteiger charge is -2.14. The summed E-state index contributed by atoms with van der Waals surface area (Å²) in [6, 6.07) is 8.02. The molecule has 1 atom stereocenters. The Morgan fingerprint density at radius 3 is 2.80 bits per heavy atom. The van der Waals surface area contributed by atoms with Crippen LogP contribution in [0.25, 0.3) is 10.9 Å². The topological polar surface area (TPSA) is 40.5 Å². The van der Waals surface area contributed by atoms with E-state index >= 15 is 0 Å². The third kappa shape index (κ3) is 3.02. The van der Waals surface area contributed by atoms with E-state index in [1.54, 1.807) is 7.11 Å². The van der Waals surface area contributed by atoms with Gasteiger partial charge in [0.25, 0.3) is 0 Å². The SMILES string of the molecule is CCc1ccc2c(ccn2C(C)C(=O)OCCOC)c1. The van der Waals surface area contributed by atoms with Gasteiger partial charge in [0.1, 0.15) is 12.6 Å². The van der Waals surface area contributed by atoms with Gasteiger partial charge in [0.15, 0.2) is 0 Å². The minimum atomic E-state index is -0.336. The Bertz CT molecular complexity index is 588. The molecule has 0 aliphatic rings. The zero-order chi connectivity index (χ0) is 14.5. The predicted octanol–water partition coefficient (Wildman–Crippen LogP) is 2.95. The normalized spacial score (nSPS) is 12.6. The number of nitrogens with zero attached hydrogens (tertiary/aromatic N) is 1. The van der Waals surface area contributed by atoms with Gasteiger partial charge in [-0.3, -0.25) is 0 Å². The molecule has 0 amide bonds. The summed E-state index contributed by atoms with van der Waals surface area (Å²) in [5.41, 5.74) is 2.35. The van der Waals surface area contributed by atoms with Crippen molar-refractivity contribution in [3.05, 3.63) is 36.0 Å². The highest BCUT2D eigenvalue weighted by Gasteiger charge is 2.17. The number of carbonyl (C=O) groups is 1. The maximum absolute atomic E-state index is 12.0. The van der Waals surface area contributed by atoms with E-state index in [-0.39, 0.29) is 12.0 Å². The Hall–Kier alpha value is -1.81. The van der Waals surface area contributed by atoms with Crippen molar-refractivity contribution in [1.82, 2.24) is 4.57 Å². The van der Waals surface area contributed by atoms with Crippen LogP contribution in [0.5, 0.6) is 0 Å². The van der Waals surface area contributed by atoms with Crippen LogP contribution < -0.4 is 0 Å². The molecule has 2 aromatic rings. The first-order valence-corrected chi connectivity index (χ1v) is 6.92. The molecule has 0 saturated carbocycles. The van der Waals surface area contributed by atoms with Crippen LogP contribution in [-0.4, -0.2) is 30.9 Å². The smallest absolute Gasteiger partial charge is 0.328 e. The van der Waals surface area contributed by atoms with E-state index in [9.17, 15) is 4.79 Å². The summed E-state index contributed by atoms with van der Waals surface area (Å²) >= 11 is 0. The van der Waals surface area contributed by atoms with Crippen molar-refractivity contribution < 1.29 is 14.3 Å². The molecule has 1 aromatic heterocycles. The number of rotatable bonds is 6. The number of methoxy groups -OCH3 is 1. The fraction of sp³-hybridized carbons (Fsp3) is 0.438. The summed E-state index contributed by atoms with van der Waals surface area (Å²) in [6.45, 7) is 4.69. The van der Waals surface area contributed by atoms with Gasteiger partial charge in [0.05, 0.1) is 6.61 Å². The van der Waals surface area contributed by atoms with Crippen molar-refractivity contribution in [3.8, 4) is 0 Å². The van der Waals surface area contributed by atoms with E-state index in [4.69, 9.17) is 9.47 Å². The molecule has 20 heavy (non-hydrogen) atoms. The molecule has 0 saturated heterocycles. The van der Waals surface area contributed by atoms with Crippen LogP contribution in [0, 0.1) is 0 Å². The van der Waals surface area contributed by atoms with Gasteiger partial charge in [-0.25, -0.2) is 4.79 Å². The number of hydrogen-bond donors (Lipinski definition) is 0. The molecule has 108 valence electrons. The molecule has 0 spiro atoms. The van der Waals surface area contributed by atoms with Crippen molar-refractivity contribution in [1.29, 1.82) is 0 Å². The summed E-state index contributed by atoms with van der Waals surface area (Å²) in [5, 5.41) is 1.15. The van der Waals surface area contributed by atoms with Crippen molar-refractivity contribution in [2.45, 2.75) is 26.3 Å². The molecule has 4 nitrogen and oxygen atoms in total. The second kappa shape index (κ2) is 6.57. The van der Waals surface area contributed by atoms with Crippen molar-refractivity contribution in [3.63, 3.8) is 0 Å². The van der Waals surface area contributed by atoms with Gasteiger partial charge < -0.3 is 14.0 Å². The zero-order valence-corrected chi connectivity index (χ0v) is 12.3. The standard InChI is InChI=1S/C16H21NO3/c1-4-13-5-6-15-14(11-13)7-8-17(15)12(2)16(18)20-10-9-19-3/h5-8,11-12H,4,9-10H2,1-3H3. The number of hydrogen-bond acceptors (Lipinski definition) is 3. The summed E-state index contributed by atoms with van der Waals surface area (Å²) in [5.74, 6) is -0.237. The van der Waals surface area contributed by atoms with Crippen LogP contribution in [-0.2, 0) is 20.7 Å². The van der Waals surface area contributed by atoms with Crippen LogP contribution in [0.3, 0.4) is 0 Å². The van der Waals surface area contributed by atoms with E-state index in [0.717, 1.165) is 17.3 Å². The average molecular weight is 275 g/mol. The monoisotopic (exact) mass is 275 g/mol. The highest BCUT2D eigenvalue weighted by Crippen LogP contribution is 2.22. The zero-order valence-electron chi connectivity index (χ0n) is 12.3. The first-order chi connectivity index (χ1) is 9.67. The molecular formula is C16H21NO3. The lowest BCUT2D eigenvalue weighted by molar-refractivity contribution is -0.148. The minimum Gasteiger partial charge on any atom is -0.462 e. The number of fused-ring (bicyclic) bond motifs is 1. The number of esters is 1. The number of ether oxygens (including phenoxy) is 2. The number of carbonyl (C=O) groups excluding carboxylic acids is 1. The highest BCUT2D eigenvalue weighted by atomic mass is 16.6. The van der Waals surface area contributed by atoms with Crippen molar-refractivity contribution >= 4 is 16.9 Å². The molecule has 0 radical (unpaired) electrons. The van der Waals surface area contributed by atoms with E-state index in [0.29, 0.717) is 13.2 Å². The van der Waals surface area contributed by atoms with Gasteiger partial charge in [0.2, 0.25) is 0 Å². The maximum atomic E-state index is 12.0. The Morgan fingerprint density at radius 1 is 1.30 bits per heavy atom. The molecule has 0 fully saturated rings. The molecule has 0 aliphatic carbocycles. The molecule has 1 aromatic carbocycles. The maximum Gasteiger partial charge on any atom is 0.328 e. The van der Waals surface area contributed by atoms with Gasteiger partial charge in [-0.05, 0) is 42.5 Å². The molecule has 0 aliphatic heterocycles. The van der Waals surface area contributed by atoms with Crippen LogP contribution in [0.1, 0.15) is 25.5 Å². The van der Waals surface area contributed by atoms with Gasteiger partial charge in [-0.2, -0.15) is 0 Å². The fourth-order valence-electron chi connectivity index (χ4n) is 2.23. The van der Waals surface area contributed by atoms with Crippen LogP contribution in [0.4, 0.5) is 0 Å². The fourth-order valence-corrected chi connectivity index (χ4v) is 2.23. The number of aromatic nitrogens is 1. The molecule has 4 heteroatoms. The molecule has 1 heterocycles. The molecule has 0 bridgehead atoms. The van der Waals surface area contributed by atoms with Crippen LogP contribution >= 0.6 is 0 Å². The van der Waals surface area contributed by atoms with Gasteiger partial charge in [-0.15, -0.1) is 0 Å². The Kier molecular flexibility index (Phi) is 4.79. The summed E-state index contributed by atoms with van der Waals surface area (Å²) in [4.78, 5) is 12.0. The summed E-state index contributed by atoms with van der Waals surface area (Å²) in [7, 11) is 1.59. The Labute approximate surface area is 119 Å².